The molecule has 4 heteroatoms. The first-order chi connectivity index (χ1) is 13.3. The molecule has 3 aliphatic rings. The van der Waals surface area contributed by atoms with Gasteiger partial charge in [-0.3, -0.25) is 0 Å². The monoisotopic (exact) mass is 382 g/mol. The molecule has 0 spiro atoms. The molecule has 2 aliphatic carbocycles. The maximum Gasteiger partial charge on any atom is 0.331 e. The first-order valence-electron chi connectivity index (χ1n) is 10.3. The van der Waals surface area contributed by atoms with Gasteiger partial charge in [-0.05, 0) is 47.0 Å². The lowest BCUT2D eigenvalue weighted by molar-refractivity contribution is -0.173. The third kappa shape index (κ3) is 3.33. The number of hydrogen-bond acceptors (Lipinski definition) is 4. The Morgan fingerprint density at radius 1 is 1.21 bits per heavy atom. The lowest BCUT2D eigenvalue weighted by Gasteiger charge is -2.57. The zero-order chi connectivity index (χ0) is 19.9. The number of carbonyl (C=O) groups is 1. The van der Waals surface area contributed by atoms with Crippen LogP contribution in [0.1, 0.15) is 45.6 Å². The number of rotatable bonds is 3. The average molecular weight is 383 g/mol. The molecule has 1 aromatic carbocycles. The van der Waals surface area contributed by atoms with E-state index in [4.69, 9.17) is 9.47 Å². The summed E-state index contributed by atoms with van der Waals surface area (Å²) in [6.45, 7) is 7.19. The third-order valence-corrected chi connectivity index (χ3v) is 7.08. The van der Waals surface area contributed by atoms with Crippen molar-refractivity contribution in [1.29, 1.82) is 0 Å². The van der Waals surface area contributed by atoms with Gasteiger partial charge in [-0.2, -0.15) is 0 Å². The van der Waals surface area contributed by atoms with Crippen LogP contribution in [0.2, 0.25) is 0 Å². The Hall–Kier alpha value is -1.91. The molecule has 1 N–H and O–H groups in total. The van der Waals surface area contributed by atoms with E-state index in [9.17, 15) is 9.90 Å². The minimum Gasteiger partial charge on any atom is -0.455 e. The van der Waals surface area contributed by atoms with Gasteiger partial charge >= 0.3 is 5.97 Å². The van der Waals surface area contributed by atoms with Gasteiger partial charge in [0.15, 0.2) is 6.29 Å². The molecule has 0 radical (unpaired) electrons. The van der Waals surface area contributed by atoms with E-state index in [0.717, 1.165) is 30.4 Å². The minimum atomic E-state index is -0.762. The molecule has 1 saturated carbocycles. The summed E-state index contributed by atoms with van der Waals surface area (Å²) in [6, 6.07) is 9.74. The molecule has 1 heterocycles. The summed E-state index contributed by atoms with van der Waals surface area (Å²) in [7, 11) is 0. The van der Waals surface area contributed by atoms with Gasteiger partial charge in [0.1, 0.15) is 6.10 Å². The Morgan fingerprint density at radius 2 is 1.96 bits per heavy atom. The summed E-state index contributed by atoms with van der Waals surface area (Å²) < 4.78 is 11.6. The molecular formula is C24H30O4. The third-order valence-electron chi connectivity index (χ3n) is 7.08. The molecule has 0 bridgehead atoms. The molecule has 4 rings (SSSR count). The standard InChI is InChI=1S/C24H30O4/c1-23(2)12-7-13-24(3)20-17(15-27-22(20)26)14-18(21(23)24)28-19(25)11-10-16-8-5-4-6-9-16/h4-6,8-11,14,18,20-22,26H,7,12-13,15H2,1-3H3. The Labute approximate surface area is 167 Å². The van der Waals surface area contributed by atoms with Crippen LogP contribution in [0.4, 0.5) is 0 Å². The van der Waals surface area contributed by atoms with Crippen LogP contribution in [-0.2, 0) is 14.3 Å². The number of aliphatic hydroxyl groups is 1. The van der Waals surface area contributed by atoms with E-state index in [2.05, 4.69) is 26.8 Å². The lowest BCUT2D eigenvalue weighted by Crippen LogP contribution is -2.56. The average Bonchev–Trinajstić information content (AvgIpc) is 3.01. The zero-order valence-corrected chi connectivity index (χ0v) is 16.9. The van der Waals surface area contributed by atoms with Crippen LogP contribution in [0.5, 0.6) is 0 Å². The molecule has 1 saturated heterocycles. The molecule has 5 unspecified atom stereocenters. The molecule has 0 aromatic heterocycles. The Morgan fingerprint density at radius 3 is 2.71 bits per heavy atom. The molecule has 2 fully saturated rings. The van der Waals surface area contributed by atoms with Crippen molar-refractivity contribution in [3.63, 3.8) is 0 Å². The van der Waals surface area contributed by atoms with Gasteiger partial charge in [0.25, 0.3) is 0 Å². The Balaban J connectivity index is 1.62. The van der Waals surface area contributed by atoms with Crippen LogP contribution in [0.15, 0.2) is 48.1 Å². The number of aliphatic hydroxyl groups excluding tert-OH is 1. The van der Waals surface area contributed by atoms with E-state index in [-0.39, 0.29) is 34.7 Å². The van der Waals surface area contributed by atoms with Crippen LogP contribution >= 0.6 is 0 Å². The summed E-state index contributed by atoms with van der Waals surface area (Å²) >= 11 is 0. The number of esters is 1. The van der Waals surface area contributed by atoms with Gasteiger partial charge in [0, 0.05) is 17.9 Å². The maximum absolute atomic E-state index is 12.6. The second-order valence-corrected chi connectivity index (χ2v) is 9.39. The smallest absolute Gasteiger partial charge is 0.331 e. The van der Waals surface area contributed by atoms with Crippen molar-refractivity contribution in [2.24, 2.45) is 22.7 Å². The van der Waals surface area contributed by atoms with Gasteiger partial charge in [0.2, 0.25) is 0 Å². The highest BCUT2D eigenvalue weighted by atomic mass is 16.6. The SMILES string of the molecule is CC1(C)CCCC2(C)C3C(=CC(OC(=O)C=Cc4ccccc4)C12)COC3O. The highest BCUT2D eigenvalue weighted by Gasteiger charge is 2.60. The van der Waals surface area contributed by atoms with Crippen molar-refractivity contribution in [2.45, 2.75) is 52.4 Å². The van der Waals surface area contributed by atoms with Crippen LogP contribution in [-0.4, -0.2) is 30.1 Å². The van der Waals surface area contributed by atoms with Crippen molar-refractivity contribution >= 4 is 12.0 Å². The van der Waals surface area contributed by atoms with Crippen LogP contribution in [0, 0.1) is 22.7 Å². The molecule has 1 aromatic rings. The fourth-order valence-electron chi connectivity index (χ4n) is 6.06. The van der Waals surface area contributed by atoms with Crippen molar-refractivity contribution < 1.29 is 19.4 Å². The van der Waals surface area contributed by atoms with Gasteiger partial charge in [-0.25, -0.2) is 4.79 Å². The van der Waals surface area contributed by atoms with Gasteiger partial charge in [0.05, 0.1) is 6.61 Å². The normalized spacial score (nSPS) is 36.5. The zero-order valence-electron chi connectivity index (χ0n) is 16.9. The molecule has 0 amide bonds. The fourth-order valence-corrected chi connectivity index (χ4v) is 6.06. The van der Waals surface area contributed by atoms with Crippen molar-refractivity contribution in [2.75, 3.05) is 6.61 Å². The summed E-state index contributed by atoms with van der Waals surface area (Å²) in [5, 5.41) is 10.5. The van der Waals surface area contributed by atoms with Crippen LogP contribution in [0.3, 0.4) is 0 Å². The largest absolute Gasteiger partial charge is 0.455 e. The molecule has 28 heavy (non-hydrogen) atoms. The van der Waals surface area contributed by atoms with E-state index < -0.39 is 6.29 Å². The number of fused-ring (bicyclic) bond motifs is 3. The minimum absolute atomic E-state index is 0.00751. The first kappa shape index (κ1) is 19.4. The summed E-state index contributed by atoms with van der Waals surface area (Å²) in [4.78, 5) is 12.6. The highest BCUT2D eigenvalue weighted by Crippen LogP contribution is 2.62. The van der Waals surface area contributed by atoms with E-state index in [1.165, 1.54) is 6.08 Å². The van der Waals surface area contributed by atoms with Crippen molar-refractivity contribution in [1.82, 2.24) is 0 Å². The van der Waals surface area contributed by atoms with E-state index in [1.54, 1.807) is 6.08 Å². The van der Waals surface area contributed by atoms with Crippen LogP contribution < -0.4 is 0 Å². The maximum atomic E-state index is 12.6. The van der Waals surface area contributed by atoms with Crippen LogP contribution in [0.25, 0.3) is 6.08 Å². The number of benzene rings is 1. The summed E-state index contributed by atoms with van der Waals surface area (Å²) in [5.74, 6) is -0.188. The van der Waals surface area contributed by atoms with Gasteiger partial charge in [-0.15, -0.1) is 0 Å². The van der Waals surface area contributed by atoms with E-state index >= 15 is 0 Å². The second kappa shape index (κ2) is 7.16. The number of hydrogen-bond donors (Lipinski definition) is 1. The fraction of sp³-hybridized carbons (Fsp3) is 0.542. The predicted molar refractivity (Wildman–Crippen MR) is 108 cm³/mol. The van der Waals surface area contributed by atoms with Gasteiger partial charge in [-0.1, -0.05) is 57.5 Å². The Bertz CT molecular complexity index is 794. The number of carbonyl (C=O) groups excluding carboxylic acids is 1. The van der Waals surface area contributed by atoms with E-state index in [1.807, 2.05) is 30.3 Å². The summed E-state index contributed by atoms with van der Waals surface area (Å²) in [5.41, 5.74) is 1.92. The predicted octanol–water partition coefficient (Wildman–Crippen LogP) is 4.35. The molecule has 4 nitrogen and oxygen atoms in total. The summed E-state index contributed by atoms with van der Waals surface area (Å²) in [6.07, 6.45) is 7.50. The molecule has 5 atom stereocenters. The molecular weight excluding hydrogens is 352 g/mol. The Kier molecular flexibility index (Phi) is 4.96. The highest BCUT2D eigenvalue weighted by molar-refractivity contribution is 5.87. The quantitative estimate of drug-likeness (QED) is 0.480. The van der Waals surface area contributed by atoms with Crippen molar-refractivity contribution in [3.8, 4) is 0 Å². The molecule has 150 valence electrons. The second-order valence-electron chi connectivity index (χ2n) is 9.39. The van der Waals surface area contributed by atoms with Gasteiger partial charge < -0.3 is 14.6 Å². The lowest BCUT2D eigenvalue weighted by atomic mass is 9.48. The van der Waals surface area contributed by atoms with Crippen molar-refractivity contribution in [3.05, 3.63) is 53.6 Å². The number of ether oxygens (including phenoxy) is 2. The topological polar surface area (TPSA) is 55.8 Å². The van der Waals surface area contributed by atoms with E-state index in [0.29, 0.717) is 6.61 Å². The first-order valence-corrected chi connectivity index (χ1v) is 10.3. The molecule has 1 aliphatic heterocycles.